The van der Waals surface area contributed by atoms with Gasteiger partial charge in [0.15, 0.2) is 5.82 Å². The maximum absolute atomic E-state index is 14.1. The normalized spacial score (nSPS) is 12.1. The number of hydrogen-bond donors (Lipinski definition) is 1. The number of furan rings is 1. The van der Waals surface area contributed by atoms with Crippen LogP contribution in [-0.2, 0) is 0 Å². The molecule has 1 N–H and O–H groups in total. The summed E-state index contributed by atoms with van der Waals surface area (Å²) in [5, 5.41) is 3.24. The topological polar surface area (TPSA) is 25.2 Å². The van der Waals surface area contributed by atoms with E-state index in [1.54, 1.807) is 24.5 Å². The molecular formula is C17H13ClFNO. The Hall–Kier alpha value is -2.26. The van der Waals surface area contributed by atoms with Crippen molar-refractivity contribution in [1.82, 2.24) is 0 Å². The number of benzene rings is 2. The van der Waals surface area contributed by atoms with Gasteiger partial charge in [-0.05, 0) is 29.8 Å². The highest BCUT2D eigenvalue weighted by Gasteiger charge is 2.18. The van der Waals surface area contributed by atoms with Crippen LogP contribution in [0, 0.1) is 5.82 Å². The zero-order valence-corrected chi connectivity index (χ0v) is 11.8. The third-order valence-corrected chi connectivity index (χ3v) is 3.50. The summed E-state index contributed by atoms with van der Waals surface area (Å²) < 4.78 is 19.6. The molecule has 0 radical (unpaired) electrons. The highest BCUT2D eigenvalue weighted by Crippen LogP contribution is 2.30. The molecule has 3 rings (SSSR count). The van der Waals surface area contributed by atoms with Gasteiger partial charge in [0.25, 0.3) is 0 Å². The number of nitrogens with one attached hydrogen (secondary N) is 1. The maximum atomic E-state index is 14.1. The molecule has 0 aliphatic carbocycles. The fourth-order valence-electron chi connectivity index (χ4n) is 2.19. The molecule has 0 saturated carbocycles. The number of anilines is 1. The summed E-state index contributed by atoms with van der Waals surface area (Å²) >= 11 is 5.83. The Morgan fingerprint density at radius 1 is 0.952 bits per heavy atom. The molecule has 106 valence electrons. The number of rotatable bonds is 4. The molecule has 1 heterocycles. The zero-order valence-electron chi connectivity index (χ0n) is 11.1. The van der Waals surface area contributed by atoms with E-state index in [0.29, 0.717) is 11.4 Å². The first kappa shape index (κ1) is 13.7. The van der Waals surface area contributed by atoms with E-state index >= 15 is 0 Å². The van der Waals surface area contributed by atoms with Gasteiger partial charge in [0.05, 0.1) is 17.0 Å². The molecule has 4 heteroatoms. The second-order valence-corrected chi connectivity index (χ2v) is 5.01. The van der Waals surface area contributed by atoms with Crippen LogP contribution in [0.5, 0.6) is 0 Å². The van der Waals surface area contributed by atoms with Gasteiger partial charge in [0, 0.05) is 0 Å². The van der Waals surface area contributed by atoms with Crippen molar-refractivity contribution in [2.75, 3.05) is 5.32 Å². The lowest BCUT2D eigenvalue weighted by atomic mass is 10.0. The van der Waals surface area contributed by atoms with E-state index < -0.39 is 5.82 Å². The third kappa shape index (κ3) is 2.93. The molecule has 0 fully saturated rings. The third-order valence-electron chi connectivity index (χ3n) is 3.21. The average molecular weight is 302 g/mol. The lowest BCUT2D eigenvalue weighted by Gasteiger charge is -2.19. The van der Waals surface area contributed by atoms with E-state index in [9.17, 15) is 4.39 Å². The predicted octanol–water partition coefficient (Wildman–Crippen LogP) is 5.27. The second kappa shape index (κ2) is 6.02. The molecule has 0 aliphatic heterocycles. The fraction of sp³-hybridized carbons (Fsp3) is 0.0588. The summed E-state index contributed by atoms with van der Waals surface area (Å²) in [7, 11) is 0. The van der Waals surface area contributed by atoms with Gasteiger partial charge >= 0.3 is 0 Å². The van der Waals surface area contributed by atoms with Crippen molar-refractivity contribution in [1.29, 1.82) is 0 Å². The number of hydrogen-bond acceptors (Lipinski definition) is 2. The molecule has 1 unspecified atom stereocenters. The Bertz CT molecular complexity index is 713. The van der Waals surface area contributed by atoms with Gasteiger partial charge in [0.2, 0.25) is 0 Å². The first-order chi connectivity index (χ1) is 10.3. The molecule has 1 atom stereocenters. The van der Waals surface area contributed by atoms with Gasteiger partial charge in [-0.2, -0.15) is 0 Å². The van der Waals surface area contributed by atoms with Crippen molar-refractivity contribution in [3.05, 3.63) is 89.1 Å². The number of halogens is 2. The van der Waals surface area contributed by atoms with Crippen LogP contribution < -0.4 is 5.32 Å². The molecule has 0 bridgehead atoms. The predicted molar refractivity (Wildman–Crippen MR) is 82.0 cm³/mol. The van der Waals surface area contributed by atoms with Gasteiger partial charge in [-0.25, -0.2) is 4.39 Å². The average Bonchev–Trinajstić information content (AvgIpc) is 3.04. The molecule has 3 aromatic rings. The SMILES string of the molecule is Fc1c(Cl)cccc1NC(c1ccccc1)c1ccco1. The molecule has 21 heavy (non-hydrogen) atoms. The van der Waals surface area contributed by atoms with Crippen LogP contribution in [0.1, 0.15) is 17.4 Å². The van der Waals surface area contributed by atoms with E-state index in [1.807, 2.05) is 36.4 Å². The second-order valence-electron chi connectivity index (χ2n) is 4.60. The van der Waals surface area contributed by atoms with Gasteiger partial charge in [0.1, 0.15) is 11.8 Å². The van der Waals surface area contributed by atoms with E-state index in [0.717, 1.165) is 5.56 Å². The van der Waals surface area contributed by atoms with Crippen molar-refractivity contribution in [2.45, 2.75) is 6.04 Å². The van der Waals surface area contributed by atoms with Gasteiger partial charge in [-0.1, -0.05) is 48.0 Å². The Morgan fingerprint density at radius 3 is 2.48 bits per heavy atom. The summed E-state index contributed by atoms with van der Waals surface area (Å²) in [6.45, 7) is 0. The smallest absolute Gasteiger partial charge is 0.164 e. The van der Waals surface area contributed by atoms with Crippen molar-refractivity contribution < 1.29 is 8.81 Å². The Morgan fingerprint density at radius 2 is 1.76 bits per heavy atom. The minimum atomic E-state index is -0.466. The molecular weight excluding hydrogens is 289 g/mol. The standard InChI is InChI=1S/C17H13ClFNO/c18-13-8-4-9-14(16(13)19)20-17(15-10-5-11-21-15)12-6-2-1-3-7-12/h1-11,17,20H. The van der Waals surface area contributed by atoms with E-state index in [2.05, 4.69) is 5.32 Å². The molecule has 0 spiro atoms. The first-order valence-electron chi connectivity index (χ1n) is 6.54. The Labute approximate surface area is 127 Å². The van der Waals surface area contributed by atoms with Crippen molar-refractivity contribution in [3.8, 4) is 0 Å². The maximum Gasteiger partial charge on any atom is 0.164 e. The lowest BCUT2D eigenvalue weighted by Crippen LogP contribution is -2.12. The van der Waals surface area contributed by atoms with Crippen LogP contribution in [0.25, 0.3) is 0 Å². The summed E-state index contributed by atoms with van der Waals surface area (Å²) in [5.74, 6) is 0.243. The van der Waals surface area contributed by atoms with Crippen molar-refractivity contribution in [2.24, 2.45) is 0 Å². The van der Waals surface area contributed by atoms with Crippen LogP contribution in [0.2, 0.25) is 5.02 Å². The van der Waals surface area contributed by atoms with Crippen molar-refractivity contribution in [3.63, 3.8) is 0 Å². The van der Waals surface area contributed by atoms with Gasteiger partial charge in [-0.15, -0.1) is 0 Å². The van der Waals surface area contributed by atoms with Crippen LogP contribution >= 0.6 is 11.6 Å². The highest BCUT2D eigenvalue weighted by atomic mass is 35.5. The lowest BCUT2D eigenvalue weighted by molar-refractivity contribution is 0.498. The Kier molecular flexibility index (Phi) is 3.93. The van der Waals surface area contributed by atoms with Crippen LogP contribution in [0.15, 0.2) is 71.3 Å². The molecule has 2 nitrogen and oxygen atoms in total. The molecule has 0 aliphatic rings. The largest absolute Gasteiger partial charge is 0.467 e. The first-order valence-corrected chi connectivity index (χ1v) is 6.92. The monoisotopic (exact) mass is 301 g/mol. The molecule has 0 saturated heterocycles. The zero-order chi connectivity index (χ0) is 14.7. The summed E-state index contributed by atoms with van der Waals surface area (Å²) in [5.41, 5.74) is 1.32. The van der Waals surface area contributed by atoms with Crippen LogP contribution in [0.3, 0.4) is 0 Å². The molecule has 2 aromatic carbocycles. The highest BCUT2D eigenvalue weighted by molar-refractivity contribution is 6.31. The quantitative estimate of drug-likeness (QED) is 0.710. The van der Waals surface area contributed by atoms with Gasteiger partial charge < -0.3 is 9.73 Å². The summed E-state index contributed by atoms with van der Waals surface area (Å²) in [6.07, 6.45) is 1.60. The summed E-state index contributed by atoms with van der Waals surface area (Å²) in [6, 6.07) is 18.0. The summed E-state index contributed by atoms with van der Waals surface area (Å²) in [4.78, 5) is 0. The molecule has 1 aromatic heterocycles. The van der Waals surface area contributed by atoms with E-state index in [-0.39, 0.29) is 11.1 Å². The van der Waals surface area contributed by atoms with E-state index in [4.69, 9.17) is 16.0 Å². The van der Waals surface area contributed by atoms with Crippen molar-refractivity contribution >= 4 is 17.3 Å². The minimum Gasteiger partial charge on any atom is -0.467 e. The van der Waals surface area contributed by atoms with Gasteiger partial charge in [-0.3, -0.25) is 0 Å². The van der Waals surface area contributed by atoms with E-state index in [1.165, 1.54) is 6.07 Å². The van der Waals surface area contributed by atoms with Crippen LogP contribution in [-0.4, -0.2) is 0 Å². The fourth-order valence-corrected chi connectivity index (χ4v) is 2.37. The Balaban J connectivity index is 1.99. The minimum absolute atomic E-state index is 0.0891. The van der Waals surface area contributed by atoms with Crippen LogP contribution in [0.4, 0.5) is 10.1 Å². The molecule has 0 amide bonds.